The van der Waals surface area contributed by atoms with Crippen LogP contribution < -0.4 is 10.4 Å². The van der Waals surface area contributed by atoms with Crippen LogP contribution in [0.1, 0.15) is 53.5 Å². The second-order valence-electron chi connectivity index (χ2n) is 15.4. The minimum atomic E-state index is -3.16. The number of rotatable bonds is 15. The van der Waals surface area contributed by atoms with Crippen molar-refractivity contribution in [3.05, 3.63) is 96.6 Å². The molecule has 12 nitrogen and oxygen atoms in total. The molecular formula is C43H58O12Si. The van der Waals surface area contributed by atoms with Crippen molar-refractivity contribution in [3.63, 3.8) is 0 Å². The smallest absolute Gasteiger partial charge is 0.338 e. The quantitative estimate of drug-likeness (QED) is 0.171. The van der Waals surface area contributed by atoms with Crippen LogP contribution in [0.3, 0.4) is 0 Å². The van der Waals surface area contributed by atoms with Gasteiger partial charge >= 0.3 is 11.9 Å². The van der Waals surface area contributed by atoms with E-state index in [2.05, 4.69) is 45.0 Å². The van der Waals surface area contributed by atoms with Crippen molar-refractivity contribution in [2.45, 2.75) is 114 Å². The lowest BCUT2D eigenvalue weighted by Gasteiger charge is -2.52. The van der Waals surface area contributed by atoms with Gasteiger partial charge in [0.05, 0.1) is 26.4 Å². The van der Waals surface area contributed by atoms with Crippen LogP contribution in [0.2, 0.25) is 5.04 Å². The van der Waals surface area contributed by atoms with Gasteiger partial charge in [-0.1, -0.05) is 126 Å². The SMILES string of the molecule is CCC1(C(=O)OC)O[C@@H](O[C@H]2C(CO[Si](c3ccccc3)(c3ccccc3)C(C)(C)C)OC(O)C(OCc3ccccc3)[C@H]2OC(C)=O)C(OC)[C@@H](OC)[C@H]1C. The molecule has 2 aliphatic rings. The highest BCUT2D eigenvalue weighted by Gasteiger charge is 2.60. The van der Waals surface area contributed by atoms with Gasteiger partial charge in [0, 0.05) is 27.1 Å². The van der Waals surface area contributed by atoms with E-state index in [0.717, 1.165) is 15.9 Å². The molecule has 0 amide bonds. The Morgan fingerprint density at radius 1 is 0.804 bits per heavy atom. The molecule has 2 saturated heterocycles. The van der Waals surface area contributed by atoms with E-state index < -0.39 is 86.0 Å². The lowest BCUT2D eigenvalue weighted by Crippen LogP contribution is -2.70. The maximum Gasteiger partial charge on any atom is 0.338 e. The second kappa shape index (κ2) is 18.8. The molecule has 0 radical (unpaired) electrons. The number of carbonyl (C=O) groups is 2. The summed E-state index contributed by atoms with van der Waals surface area (Å²) in [6.07, 6.45) is -8.80. The molecule has 1 N–H and O–H groups in total. The van der Waals surface area contributed by atoms with Gasteiger partial charge in [-0.25, -0.2) is 4.79 Å². The first-order valence-electron chi connectivity index (χ1n) is 19.2. The topological polar surface area (TPSA) is 137 Å². The Hall–Kier alpha value is -3.50. The largest absolute Gasteiger partial charge is 0.467 e. The third-order valence-electron chi connectivity index (χ3n) is 11.1. The standard InChI is InChI=1S/C43H58O12Si/c1-10-43(41(46)49-9)28(2)34(47-7)38(48-8)40(55-43)54-35-33(53-39(45)37(36(35)52-29(3)44)50-26-30-20-14-11-15-21-30)27-51-56(42(4,5)6,31-22-16-12-17-23-31)32-24-18-13-19-25-32/h11-25,28,33-40,45H,10,26-27H2,1-9H3/t28-,33?,34+,35+,36+,37?,38?,39?,40-,43?/m1/s1. The van der Waals surface area contributed by atoms with Crippen LogP contribution in [-0.2, 0) is 58.5 Å². The highest BCUT2D eigenvalue weighted by molar-refractivity contribution is 6.99. The van der Waals surface area contributed by atoms with Gasteiger partial charge < -0.3 is 47.4 Å². The minimum Gasteiger partial charge on any atom is -0.467 e. The first-order chi connectivity index (χ1) is 26.8. The molecule has 0 aliphatic carbocycles. The van der Waals surface area contributed by atoms with Crippen LogP contribution in [0, 0.1) is 5.92 Å². The fraction of sp³-hybridized carbons (Fsp3) is 0.535. The highest BCUT2D eigenvalue weighted by Crippen LogP contribution is 2.43. The summed E-state index contributed by atoms with van der Waals surface area (Å²) in [5.41, 5.74) is -0.653. The van der Waals surface area contributed by atoms with Crippen LogP contribution in [-0.4, -0.2) is 108 Å². The number of aliphatic hydroxyl groups is 1. The summed E-state index contributed by atoms with van der Waals surface area (Å²) in [7, 11) is 1.18. The van der Waals surface area contributed by atoms with Crippen LogP contribution >= 0.6 is 0 Å². The average molecular weight is 795 g/mol. The monoisotopic (exact) mass is 794 g/mol. The zero-order valence-electron chi connectivity index (χ0n) is 33.9. The van der Waals surface area contributed by atoms with E-state index in [-0.39, 0.29) is 19.6 Å². The van der Waals surface area contributed by atoms with E-state index in [1.165, 1.54) is 28.3 Å². The Bertz CT molecular complexity index is 1650. The molecule has 3 aromatic carbocycles. The summed E-state index contributed by atoms with van der Waals surface area (Å²) < 4.78 is 56.7. The van der Waals surface area contributed by atoms with E-state index in [4.69, 9.17) is 42.3 Å². The first kappa shape index (κ1) is 43.6. The lowest BCUT2D eigenvalue weighted by atomic mass is 9.77. The summed E-state index contributed by atoms with van der Waals surface area (Å²) in [6, 6.07) is 29.6. The van der Waals surface area contributed by atoms with Crippen LogP contribution in [0.5, 0.6) is 0 Å². The fourth-order valence-electron chi connectivity index (χ4n) is 8.32. The Balaban J connectivity index is 1.62. The number of esters is 2. The number of hydrogen-bond acceptors (Lipinski definition) is 12. The molecule has 2 fully saturated rings. The number of benzene rings is 3. The molecule has 2 heterocycles. The van der Waals surface area contributed by atoms with E-state index >= 15 is 0 Å². The summed E-state index contributed by atoms with van der Waals surface area (Å²) >= 11 is 0. The van der Waals surface area contributed by atoms with Crippen LogP contribution in [0.15, 0.2) is 91.0 Å². The third-order valence-corrected chi connectivity index (χ3v) is 16.1. The fourth-order valence-corrected chi connectivity index (χ4v) is 12.9. The summed E-state index contributed by atoms with van der Waals surface area (Å²) in [5, 5.41) is 13.4. The lowest BCUT2D eigenvalue weighted by molar-refractivity contribution is -0.368. The molecular weight excluding hydrogens is 737 g/mol. The van der Waals surface area contributed by atoms with Crippen LogP contribution in [0.4, 0.5) is 0 Å². The van der Waals surface area contributed by atoms with Gasteiger partial charge in [-0.05, 0) is 27.4 Å². The molecule has 10 atom stereocenters. The van der Waals surface area contributed by atoms with Gasteiger partial charge in [0.15, 0.2) is 24.3 Å². The van der Waals surface area contributed by atoms with Gasteiger partial charge in [0.2, 0.25) is 0 Å². The number of aliphatic hydroxyl groups excluding tert-OH is 1. The summed E-state index contributed by atoms with van der Waals surface area (Å²) in [6.45, 7) is 11.4. The normalized spacial score (nSPS) is 29.7. The van der Waals surface area contributed by atoms with Gasteiger partial charge in [0.1, 0.15) is 24.4 Å². The van der Waals surface area contributed by atoms with Gasteiger partial charge in [-0.15, -0.1) is 0 Å². The van der Waals surface area contributed by atoms with Crippen LogP contribution in [0.25, 0.3) is 0 Å². The average Bonchev–Trinajstić information content (AvgIpc) is 3.19. The highest BCUT2D eigenvalue weighted by atomic mass is 28.4. The summed E-state index contributed by atoms with van der Waals surface area (Å²) in [4.78, 5) is 26.5. The van der Waals surface area contributed by atoms with Crippen molar-refractivity contribution >= 4 is 30.6 Å². The van der Waals surface area contributed by atoms with Crippen molar-refractivity contribution in [1.82, 2.24) is 0 Å². The zero-order chi connectivity index (χ0) is 40.7. The first-order valence-corrected chi connectivity index (χ1v) is 21.1. The Kier molecular flexibility index (Phi) is 14.7. The van der Waals surface area contributed by atoms with Crippen molar-refractivity contribution in [2.24, 2.45) is 5.92 Å². The van der Waals surface area contributed by atoms with Crippen molar-refractivity contribution in [1.29, 1.82) is 0 Å². The number of hydrogen-bond donors (Lipinski definition) is 1. The van der Waals surface area contributed by atoms with Gasteiger partial charge in [-0.3, -0.25) is 4.79 Å². The van der Waals surface area contributed by atoms with E-state index in [1.54, 1.807) is 0 Å². The van der Waals surface area contributed by atoms with Crippen molar-refractivity contribution in [3.8, 4) is 0 Å². The zero-order valence-corrected chi connectivity index (χ0v) is 34.9. The molecule has 3 aromatic rings. The molecule has 2 aliphatic heterocycles. The number of ether oxygens (including phenoxy) is 8. The molecule has 306 valence electrons. The molecule has 13 heteroatoms. The Morgan fingerprint density at radius 2 is 1.36 bits per heavy atom. The van der Waals surface area contributed by atoms with Crippen molar-refractivity contribution in [2.75, 3.05) is 27.9 Å². The molecule has 0 bridgehead atoms. The van der Waals surface area contributed by atoms with Crippen molar-refractivity contribution < 1.29 is 57.0 Å². The molecule has 0 aromatic heterocycles. The Morgan fingerprint density at radius 3 is 1.84 bits per heavy atom. The number of carbonyl (C=O) groups excluding carboxylic acids is 2. The molecule has 5 unspecified atom stereocenters. The Labute approximate surface area is 331 Å². The summed E-state index contributed by atoms with van der Waals surface area (Å²) in [5.74, 6) is -1.74. The van der Waals surface area contributed by atoms with E-state index in [1.807, 2.05) is 80.6 Å². The molecule has 0 saturated carbocycles. The third kappa shape index (κ3) is 8.81. The molecule has 5 rings (SSSR count). The van der Waals surface area contributed by atoms with Gasteiger partial charge in [-0.2, -0.15) is 0 Å². The predicted octanol–water partition coefficient (Wildman–Crippen LogP) is 4.53. The molecule has 56 heavy (non-hydrogen) atoms. The minimum absolute atomic E-state index is 0.0742. The predicted molar refractivity (Wildman–Crippen MR) is 211 cm³/mol. The maximum atomic E-state index is 13.5. The van der Waals surface area contributed by atoms with E-state index in [9.17, 15) is 14.7 Å². The second-order valence-corrected chi connectivity index (χ2v) is 19.7. The van der Waals surface area contributed by atoms with E-state index in [0.29, 0.717) is 0 Å². The number of methoxy groups -OCH3 is 3. The maximum absolute atomic E-state index is 13.5. The molecule has 0 spiro atoms. The van der Waals surface area contributed by atoms with Gasteiger partial charge in [0.25, 0.3) is 8.32 Å².